The Bertz CT molecular complexity index is 502. The minimum absolute atomic E-state index is 0.299. The lowest BCUT2D eigenvalue weighted by molar-refractivity contribution is -0.131. The summed E-state index contributed by atoms with van der Waals surface area (Å²) in [5, 5.41) is 14.0. The lowest BCUT2D eigenvalue weighted by atomic mass is 10.1. The number of hydrogen-bond donors (Lipinski definition) is 3. The van der Waals surface area contributed by atoms with E-state index >= 15 is 0 Å². The molecule has 1 aromatic carbocycles. The largest absolute Gasteiger partial charge is 0.478 e. The van der Waals surface area contributed by atoms with Gasteiger partial charge in [0.1, 0.15) is 0 Å². The molecule has 3 N–H and O–H groups in total. The molecule has 0 aliphatic carbocycles. The molecule has 5 heteroatoms. The predicted molar refractivity (Wildman–Crippen MR) is 75.0 cm³/mol. The van der Waals surface area contributed by atoms with E-state index in [0.717, 1.165) is 6.08 Å². The van der Waals surface area contributed by atoms with E-state index in [2.05, 4.69) is 10.6 Å². The summed E-state index contributed by atoms with van der Waals surface area (Å²) >= 11 is 0. The molecule has 5 nitrogen and oxygen atoms in total. The third-order valence-electron chi connectivity index (χ3n) is 2.05. The van der Waals surface area contributed by atoms with Gasteiger partial charge in [0.15, 0.2) is 0 Å². The molecule has 0 radical (unpaired) electrons. The highest BCUT2D eigenvalue weighted by atomic mass is 16.4. The maximum atomic E-state index is 11.7. The van der Waals surface area contributed by atoms with Crippen LogP contribution in [0, 0.1) is 0 Å². The van der Waals surface area contributed by atoms with Gasteiger partial charge >= 0.3 is 12.0 Å². The van der Waals surface area contributed by atoms with E-state index in [9.17, 15) is 9.59 Å². The molecule has 0 heterocycles. The Hall–Kier alpha value is -2.30. The minimum Gasteiger partial charge on any atom is -0.478 e. The van der Waals surface area contributed by atoms with Crippen LogP contribution in [0.2, 0.25) is 0 Å². The van der Waals surface area contributed by atoms with Gasteiger partial charge in [0.05, 0.1) is 0 Å². The van der Waals surface area contributed by atoms with Crippen molar-refractivity contribution in [2.24, 2.45) is 0 Å². The van der Waals surface area contributed by atoms with Gasteiger partial charge in [-0.1, -0.05) is 12.1 Å². The van der Waals surface area contributed by atoms with Gasteiger partial charge < -0.3 is 15.7 Å². The molecule has 0 aromatic heterocycles. The summed E-state index contributed by atoms with van der Waals surface area (Å²) in [5.74, 6) is -1.01. The predicted octanol–water partition coefficient (Wildman–Crippen LogP) is 2.70. The zero-order valence-electron chi connectivity index (χ0n) is 11.2. The van der Waals surface area contributed by atoms with Crippen molar-refractivity contribution in [3.8, 4) is 0 Å². The molecular weight excluding hydrogens is 244 g/mol. The first-order chi connectivity index (χ1) is 8.76. The van der Waals surface area contributed by atoms with Crippen molar-refractivity contribution in [2.75, 3.05) is 5.32 Å². The van der Waals surface area contributed by atoms with Gasteiger partial charge in [-0.15, -0.1) is 0 Å². The molecule has 1 aromatic rings. The fourth-order valence-corrected chi connectivity index (χ4v) is 1.39. The second kappa shape index (κ2) is 6.04. The van der Waals surface area contributed by atoms with Crippen LogP contribution >= 0.6 is 0 Å². The second-order valence-electron chi connectivity index (χ2n) is 5.13. The summed E-state index contributed by atoms with van der Waals surface area (Å²) in [6.07, 6.45) is 2.52. The van der Waals surface area contributed by atoms with Crippen molar-refractivity contribution < 1.29 is 14.7 Å². The monoisotopic (exact) mass is 262 g/mol. The fourth-order valence-electron chi connectivity index (χ4n) is 1.39. The zero-order chi connectivity index (χ0) is 14.5. The Morgan fingerprint density at radius 1 is 1.26 bits per heavy atom. The van der Waals surface area contributed by atoms with Gasteiger partial charge in [-0.3, -0.25) is 0 Å². The Labute approximate surface area is 112 Å². The number of carboxylic acid groups (broad SMARTS) is 1. The molecule has 0 aliphatic heterocycles. The molecule has 1 rings (SSSR count). The molecular formula is C14H18N2O3. The van der Waals surface area contributed by atoms with Crippen molar-refractivity contribution in [3.63, 3.8) is 0 Å². The smallest absolute Gasteiger partial charge is 0.328 e. The molecule has 0 fully saturated rings. The summed E-state index contributed by atoms with van der Waals surface area (Å²) in [6.45, 7) is 5.66. The topological polar surface area (TPSA) is 78.4 Å². The standard InChI is InChI=1S/C14H18N2O3/c1-14(2,3)16-13(19)15-11-6-4-5-10(9-11)7-8-12(17)18/h4-9H,1-3H3,(H,17,18)(H2,15,16,19)/b8-7+. The van der Waals surface area contributed by atoms with Crippen LogP contribution in [-0.4, -0.2) is 22.6 Å². The summed E-state index contributed by atoms with van der Waals surface area (Å²) < 4.78 is 0. The van der Waals surface area contributed by atoms with Crippen molar-refractivity contribution in [3.05, 3.63) is 35.9 Å². The third-order valence-corrected chi connectivity index (χ3v) is 2.05. The average Bonchev–Trinajstić information content (AvgIpc) is 2.24. The third kappa shape index (κ3) is 6.26. The second-order valence-corrected chi connectivity index (χ2v) is 5.13. The van der Waals surface area contributed by atoms with Gasteiger partial charge in [0, 0.05) is 17.3 Å². The lowest BCUT2D eigenvalue weighted by Gasteiger charge is -2.20. The summed E-state index contributed by atoms with van der Waals surface area (Å²) in [7, 11) is 0. The summed E-state index contributed by atoms with van der Waals surface area (Å²) in [4.78, 5) is 22.1. The van der Waals surface area contributed by atoms with Crippen molar-refractivity contribution in [1.82, 2.24) is 5.32 Å². The van der Waals surface area contributed by atoms with E-state index in [1.165, 1.54) is 6.08 Å². The Morgan fingerprint density at radius 3 is 2.53 bits per heavy atom. The van der Waals surface area contributed by atoms with Crippen LogP contribution in [0.4, 0.5) is 10.5 Å². The molecule has 2 amide bonds. The zero-order valence-corrected chi connectivity index (χ0v) is 11.2. The number of carbonyl (C=O) groups excluding carboxylic acids is 1. The SMILES string of the molecule is CC(C)(C)NC(=O)Nc1cccc(/C=C/C(=O)O)c1. The Kier molecular flexibility index (Phi) is 4.69. The van der Waals surface area contributed by atoms with Gasteiger partial charge in [-0.25, -0.2) is 9.59 Å². The number of amides is 2. The highest BCUT2D eigenvalue weighted by Gasteiger charge is 2.13. The van der Waals surface area contributed by atoms with Gasteiger partial charge in [-0.05, 0) is 44.5 Å². The number of benzene rings is 1. The number of hydrogen-bond acceptors (Lipinski definition) is 2. The van der Waals surface area contributed by atoms with Gasteiger partial charge in [0.2, 0.25) is 0 Å². The normalized spacial score (nSPS) is 11.3. The van der Waals surface area contributed by atoms with Gasteiger partial charge in [-0.2, -0.15) is 0 Å². The molecule has 0 spiro atoms. The first kappa shape index (κ1) is 14.8. The number of carboxylic acids is 1. The number of carbonyl (C=O) groups is 2. The maximum Gasteiger partial charge on any atom is 0.328 e. The van der Waals surface area contributed by atoms with E-state index in [1.807, 2.05) is 20.8 Å². The molecule has 0 unspecified atom stereocenters. The lowest BCUT2D eigenvalue weighted by Crippen LogP contribution is -2.43. The van der Waals surface area contributed by atoms with Crippen molar-refractivity contribution in [1.29, 1.82) is 0 Å². The summed E-state index contributed by atoms with van der Waals surface area (Å²) in [5.41, 5.74) is 0.996. The van der Waals surface area contributed by atoms with E-state index in [4.69, 9.17) is 5.11 Å². The van der Waals surface area contributed by atoms with Crippen LogP contribution in [0.1, 0.15) is 26.3 Å². The maximum absolute atomic E-state index is 11.7. The summed E-state index contributed by atoms with van der Waals surface area (Å²) in [6, 6.07) is 6.63. The van der Waals surface area contributed by atoms with Crippen LogP contribution in [0.3, 0.4) is 0 Å². The van der Waals surface area contributed by atoms with Crippen LogP contribution in [0.5, 0.6) is 0 Å². The Balaban J connectivity index is 2.72. The minimum atomic E-state index is -1.01. The van der Waals surface area contributed by atoms with Crippen LogP contribution in [-0.2, 0) is 4.79 Å². The molecule has 0 saturated heterocycles. The van der Waals surface area contributed by atoms with Gasteiger partial charge in [0.25, 0.3) is 0 Å². The number of rotatable bonds is 3. The van der Waals surface area contributed by atoms with Crippen LogP contribution in [0.15, 0.2) is 30.3 Å². The first-order valence-corrected chi connectivity index (χ1v) is 5.86. The van der Waals surface area contributed by atoms with E-state index < -0.39 is 5.97 Å². The molecule has 102 valence electrons. The van der Waals surface area contributed by atoms with E-state index in [-0.39, 0.29) is 11.6 Å². The Morgan fingerprint density at radius 2 is 1.95 bits per heavy atom. The number of nitrogens with one attached hydrogen (secondary N) is 2. The van der Waals surface area contributed by atoms with Crippen LogP contribution in [0.25, 0.3) is 6.08 Å². The van der Waals surface area contributed by atoms with Crippen LogP contribution < -0.4 is 10.6 Å². The molecule has 0 aliphatic rings. The van der Waals surface area contributed by atoms with E-state index in [1.54, 1.807) is 24.3 Å². The fraction of sp³-hybridized carbons (Fsp3) is 0.286. The number of aliphatic carboxylic acids is 1. The highest BCUT2D eigenvalue weighted by Crippen LogP contribution is 2.12. The average molecular weight is 262 g/mol. The highest BCUT2D eigenvalue weighted by molar-refractivity contribution is 5.90. The van der Waals surface area contributed by atoms with Crippen molar-refractivity contribution in [2.45, 2.75) is 26.3 Å². The number of anilines is 1. The molecule has 19 heavy (non-hydrogen) atoms. The first-order valence-electron chi connectivity index (χ1n) is 5.86. The molecule has 0 atom stereocenters. The quantitative estimate of drug-likeness (QED) is 0.733. The van der Waals surface area contributed by atoms with E-state index in [0.29, 0.717) is 11.3 Å². The van der Waals surface area contributed by atoms with Crippen molar-refractivity contribution >= 4 is 23.8 Å². The molecule has 0 bridgehead atoms. The number of urea groups is 1. The molecule has 0 saturated carbocycles.